The van der Waals surface area contributed by atoms with Gasteiger partial charge in [-0.15, -0.1) is 11.3 Å². The van der Waals surface area contributed by atoms with Gasteiger partial charge >= 0.3 is 0 Å². The molecule has 1 N–H and O–H groups in total. The van der Waals surface area contributed by atoms with Gasteiger partial charge in [0.05, 0.1) is 15.7 Å². The van der Waals surface area contributed by atoms with Crippen LogP contribution in [-0.2, 0) is 6.42 Å². The standard InChI is InChI=1S/C13H14BrFN2S/c1-9(12-4-2-10(15)8-17-12)16-7-6-11-3-5-13(14)18-11/h2-5,8-9,16H,6-7H2,1H3. The third-order valence-electron chi connectivity index (χ3n) is 2.64. The van der Waals surface area contributed by atoms with Crippen LogP contribution in [0.15, 0.2) is 34.2 Å². The summed E-state index contributed by atoms with van der Waals surface area (Å²) in [5.41, 5.74) is 0.865. The smallest absolute Gasteiger partial charge is 0.141 e. The number of pyridine rings is 1. The minimum Gasteiger partial charge on any atom is -0.308 e. The largest absolute Gasteiger partial charge is 0.308 e. The van der Waals surface area contributed by atoms with E-state index in [2.05, 4.69) is 38.4 Å². The molecule has 0 spiro atoms. The highest BCUT2D eigenvalue weighted by atomic mass is 79.9. The Morgan fingerprint density at radius 1 is 1.39 bits per heavy atom. The van der Waals surface area contributed by atoms with Crippen LogP contribution in [0.3, 0.4) is 0 Å². The van der Waals surface area contributed by atoms with Crippen molar-refractivity contribution in [2.24, 2.45) is 0 Å². The van der Waals surface area contributed by atoms with Crippen LogP contribution in [0, 0.1) is 5.82 Å². The maximum atomic E-state index is 12.7. The number of aromatic nitrogens is 1. The molecule has 0 aliphatic rings. The highest BCUT2D eigenvalue weighted by molar-refractivity contribution is 9.11. The molecule has 96 valence electrons. The van der Waals surface area contributed by atoms with Gasteiger partial charge in [0.1, 0.15) is 5.82 Å². The van der Waals surface area contributed by atoms with Crippen molar-refractivity contribution in [2.45, 2.75) is 19.4 Å². The minimum atomic E-state index is -0.297. The molecule has 2 aromatic rings. The van der Waals surface area contributed by atoms with Gasteiger partial charge < -0.3 is 5.32 Å². The van der Waals surface area contributed by atoms with Crippen LogP contribution in [0.5, 0.6) is 0 Å². The molecule has 1 unspecified atom stereocenters. The fourth-order valence-electron chi connectivity index (χ4n) is 1.65. The molecule has 0 radical (unpaired) electrons. The molecule has 0 fully saturated rings. The Bertz CT molecular complexity index is 498. The molecule has 5 heteroatoms. The van der Waals surface area contributed by atoms with Gasteiger partial charge in [-0.2, -0.15) is 0 Å². The molecule has 0 saturated heterocycles. The Hall–Kier alpha value is -0.780. The zero-order chi connectivity index (χ0) is 13.0. The maximum Gasteiger partial charge on any atom is 0.141 e. The predicted molar refractivity (Wildman–Crippen MR) is 76.3 cm³/mol. The van der Waals surface area contributed by atoms with Crippen molar-refractivity contribution in [2.75, 3.05) is 6.54 Å². The zero-order valence-electron chi connectivity index (χ0n) is 9.99. The van der Waals surface area contributed by atoms with E-state index in [9.17, 15) is 4.39 Å². The maximum absolute atomic E-state index is 12.7. The summed E-state index contributed by atoms with van der Waals surface area (Å²) in [6, 6.07) is 7.47. The summed E-state index contributed by atoms with van der Waals surface area (Å²) in [5, 5.41) is 3.38. The first-order valence-corrected chi connectivity index (χ1v) is 7.35. The van der Waals surface area contributed by atoms with Gasteiger partial charge in [-0.25, -0.2) is 4.39 Å². The van der Waals surface area contributed by atoms with E-state index >= 15 is 0 Å². The van der Waals surface area contributed by atoms with Crippen molar-refractivity contribution in [3.05, 3.63) is 50.6 Å². The Morgan fingerprint density at radius 2 is 2.22 bits per heavy atom. The second-order valence-electron chi connectivity index (χ2n) is 4.03. The summed E-state index contributed by atoms with van der Waals surface area (Å²) < 4.78 is 13.9. The first kappa shape index (κ1) is 13.6. The summed E-state index contributed by atoms with van der Waals surface area (Å²) in [5.74, 6) is -0.297. The second kappa shape index (κ2) is 6.41. The van der Waals surface area contributed by atoms with Crippen molar-refractivity contribution >= 4 is 27.3 Å². The van der Waals surface area contributed by atoms with E-state index in [1.165, 1.54) is 17.1 Å². The van der Waals surface area contributed by atoms with E-state index in [0.717, 1.165) is 22.4 Å². The molecule has 0 aliphatic carbocycles. The molecule has 0 aromatic carbocycles. The predicted octanol–water partition coefficient (Wildman–Crippen LogP) is 3.94. The average molecular weight is 329 g/mol. The van der Waals surface area contributed by atoms with Crippen LogP contribution in [0.4, 0.5) is 4.39 Å². The summed E-state index contributed by atoms with van der Waals surface area (Å²) in [6.45, 7) is 2.91. The molecule has 1 atom stereocenters. The van der Waals surface area contributed by atoms with Crippen molar-refractivity contribution in [3.8, 4) is 0 Å². The van der Waals surface area contributed by atoms with Crippen LogP contribution in [0.25, 0.3) is 0 Å². The Morgan fingerprint density at radius 3 is 2.83 bits per heavy atom. The number of nitrogens with zero attached hydrogens (tertiary/aromatic N) is 1. The molecule has 2 rings (SSSR count). The third-order valence-corrected chi connectivity index (χ3v) is 4.33. The van der Waals surface area contributed by atoms with E-state index in [-0.39, 0.29) is 11.9 Å². The quantitative estimate of drug-likeness (QED) is 0.899. The fourth-order valence-corrected chi connectivity index (χ4v) is 3.13. The van der Waals surface area contributed by atoms with E-state index in [1.54, 1.807) is 17.4 Å². The summed E-state index contributed by atoms with van der Waals surface area (Å²) in [6.07, 6.45) is 2.24. The number of hydrogen-bond donors (Lipinski definition) is 1. The Balaban J connectivity index is 1.81. The van der Waals surface area contributed by atoms with Crippen LogP contribution >= 0.6 is 27.3 Å². The lowest BCUT2D eigenvalue weighted by Gasteiger charge is -2.12. The van der Waals surface area contributed by atoms with E-state index < -0.39 is 0 Å². The van der Waals surface area contributed by atoms with Gasteiger partial charge in [-0.1, -0.05) is 0 Å². The van der Waals surface area contributed by atoms with Gasteiger partial charge in [0.2, 0.25) is 0 Å². The van der Waals surface area contributed by atoms with Crippen LogP contribution < -0.4 is 5.32 Å². The van der Waals surface area contributed by atoms with Gasteiger partial charge in [0, 0.05) is 17.5 Å². The van der Waals surface area contributed by atoms with Gasteiger partial charge in [-0.3, -0.25) is 4.98 Å². The number of thiophene rings is 1. The number of nitrogens with one attached hydrogen (secondary N) is 1. The molecule has 18 heavy (non-hydrogen) atoms. The fraction of sp³-hybridized carbons (Fsp3) is 0.308. The van der Waals surface area contributed by atoms with Crippen LogP contribution in [0.2, 0.25) is 0 Å². The molecule has 0 amide bonds. The normalized spacial score (nSPS) is 12.6. The molecule has 2 heterocycles. The lowest BCUT2D eigenvalue weighted by Crippen LogP contribution is -2.21. The number of halogens is 2. The van der Waals surface area contributed by atoms with Crippen molar-refractivity contribution in [1.82, 2.24) is 10.3 Å². The summed E-state index contributed by atoms with van der Waals surface area (Å²) in [7, 11) is 0. The molecule has 0 saturated carbocycles. The molecule has 2 nitrogen and oxygen atoms in total. The summed E-state index contributed by atoms with van der Waals surface area (Å²) >= 11 is 5.20. The third kappa shape index (κ3) is 3.86. The molecule has 2 aromatic heterocycles. The van der Waals surface area contributed by atoms with Gasteiger partial charge in [-0.05, 0) is 53.5 Å². The van der Waals surface area contributed by atoms with Gasteiger partial charge in [0.15, 0.2) is 0 Å². The first-order chi connectivity index (χ1) is 8.65. The monoisotopic (exact) mass is 328 g/mol. The van der Waals surface area contributed by atoms with Crippen LogP contribution in [0.1, 0.15) is 23.5 Å². The Kier molecular flexibility index (Phi) is 4.86. The summed E-state index contributed by atoms with van der Waals surface area (Å²) in [4.78, 5) is 5.41. The first-order valence-electron chi connectivity index (χ1n) is 5.74. The highest BCUT2D eigenvalue weighted by Crippen LogP contribution is 2.22. The SMILES string of the molecule is CC(NCCc1ccc(Br)s1)c1ccc(F)cn1. The number of rotatable bonds is 5. The van der Waals surface area contributed by atoms with E-state index in [0.29, 0.717) is 0 Å². The second-order valence-corrected chi connectivity index (χ2v) is 6.58. The lowest BCUT2D eigenvalue weighted by atomic mass is 10.2. The molecule has 0 bridgehead atoms. The van der Waals surface area contributed by atoms with Crippen molar-refractivity contribution in [1.29, 1.82) is 0 Å². The average Bonchev–Trinajstić information content (AvgIpc) is 2.76. The minimum absolute atomic E-state index is 0.133. The molecular weight excluding hydrogens is 315 g/mol. The van der Waals surface area contributed by atoms with Crippen molar-refractivity contribution in [3.63, 3.8) is 0 Å². The van der Waals surface area contributed by atoms with Crippen molar-refractivity contribution < 1.29 is 4.39 Å². The highest BCUT2D eigenvalue weighted by Gasteiger charge is 2.06. The van der Waals surface area contributed by atoms with E-state index in [1.807, 2.05) is 6.92 Å². The Labute approximate surface area is 118 Å². The lowest BCUT2D eigenvalue weighted by molar-refractivity contribution is 0.558. The molecular formula is C13H14BrFN2S. The van der Waals surface area contributed by atoms with E-state index in [4.69, 9.17) is 0 Å². The van der Waals surface area contributed by atoms with Crippen LogP contribution in [-0.4, -0.2) is 11.5 Å². The number of hydrogen-bond acceptors (Lipinski definition) is 3. The molecule has 0 aliphatic heterocycles. The topological polar surface area (TPSA) is 24.9 Å². The van der Waals surface area contributed by atoms with Gasteiger partial charge in [0.25, 0.3) is 0 Å². The zero-order valence-corrected chi connectivity index (χ0v) is 12.4.